The van der Waals surface area contributed by atoms with Crippen molar-refractivity contribution in [3.05, 3.63) is 0 Å². The van der Waals surface area contributed by atoms with Gasteiger partial charge in [-0.05, 0) is 39.5 Å². The van der Waals surface area contributed by atoms with Crippen LogP contribution in [0.1, 0.15) is 39.5 Å². The van der Waals surface area contributed by atoms with Gasteiger partial charge in [0.15, 0.2) is 0 Å². The largest absolute Gasteiger partial charge is 0.469 e. The average Bonchev–Trinajstić information content (AvgIpc) is 2.37. The number of rotatable bonds is 5. The topological polar surface area (TPSA) is 75.7 Å². The van der Waals surface area contributed by atoms with Gasteiger partial charge in [0.05, 0.1) is 13.0 Å². The first-order valence-electron chi connectivity index (χ1n) is 6.61. The Labute approximate surface area is 115 Å². The van der Waals surface area contributed by atoms with E-state index in [9.17, 15) is 13.2 Å². The monoisotopic (exact) mass is 292 g/mol. The van der Waals surface area contributed by atoms with E-state index in [4.69, 9.17) is 4.74 Å². The first kappa shape index (κ1) is 16.4. The molecule has 1 N–H and O–H groups in total. The number of carbonyl (C=O) groups is 1. The highest BCUT2D eigenvalue weighted by molar-refractivity contribution is 7.87. The van der Waals surface area contributed by atoms with Gasteiger partial charge >= 0.3 is 5.97 Å². The van der Waals surface area contributed by atoms with Crippen molar-refractivity contribution < 1.29 is 17.9 Å². The van der Waals surface area contributed by atoms with E-state index in [1.807, 2.05) is 13.8 Å². The molecular weight excluding hydrogens is 268 g/mol. The second-order valence-electron chi connectivity index (χ2n) is 5.30. The van der Waals surface area contributed by atoms with Crippen LogP contribution in [0.25, 0.3) is 0 Å². The lowest BCUT2D eigenvalue weighted by atomic mass is 9.86. The number of esters is 1. The third kappa shape index (κ3) is 4.43. The van der Waals surface area contributed by atoms with Gasteiger partial charge < -0.3 is 4.74 Å². The highest BCUT2D eigenvalue weighted by Crippen LogP contribution is 2.25. The summed E-state index contributed by atoms with van der Waals surface area (Å²) < 4.78 is 32.8. The van der Waals surface area contributed by atoms with Crippen molar-refractivity contribution in [1.82, 2.24) is 9.03 Å². The molecule has 1 aliphatic carbocycles. The van der Waals surface area contributed by atoms with Crippen LogP contribution >= 0.6 is 0 Å². The van der Waals surface area contributed by atoms with E-state index in [0.717, 1.165) is 0 Å². The zero-order chi connectivity index (χ0) is 14.6. The van der Waals surface area contributed by atoms with E-state index in [-0.39, 0.29) is 24.0 Å². The van der Waals surface area contributed by atoms with Gasteiger partial charge in [-0.1, -0.05) is 0 Å². The van der Waals surface area contributed by atoms with Crippen LogP contribution in [0.3, 0.4) is 0 Å². The zero-order valence-electron chi connectivity index (χ0n) is 12.0. The second kappa shape index (κ2) is 6.67. The van der Waals surface area contributed by atoms with E-state index >= 15 is 0 Å². The number of hydrogen-bond acceptors (Lipinski definition) is 4. The molecule has 0 atom stereocenters. The number of ether oxygens (including phenoxy) is 1. The second-order valence-corrected chi connectivity index (χ2v) is 7.07. The first-order chi connectivity index (χ1) is 8.77. The quantitative estimate of drug-likeness (QED) is 0.764. The minimum Gasteiger partial charge on any atom is -0.469 e. The molecule has 0 amide bonds. The highest BCUT2D eigenvalue weighted by atomic mass is 32.2. The molecule has 0 aromatic carbocycles. The molecule has 1 aliphatic rings. The number of carbonyl (C=O) groups excluding carboxylic acids is 1. The van der Waals surface area contributed by atoms with Crippen molar-refractivity contribution in [1.29, 1.82) is 0 Å². The lowest BCUT2D eigenvalue weighted by Gasteiger charge is -2.30. The van der Waals surface area contributed by atoms with E-state index in [2.05, 4.69) is 4.72 Å². The summed E-state index contributed by atoms with van der Waals surface area (Å²) in [5.74, 6) is -0.283. The molecule has 0 bridgehead atoms. The smallest absolute Gasteiger partial charge is 0.308 e. The van der Waals surface area contributed by atoms with Crippen LogP contribution < -0.4 is 4.72 Å². The maximum Gasteiger partial charge on any atom is 0.308 e. The Bertz CT molecular complexity index is 400. The summed E-state index contributed by atoms with van der Waals surface area (Å²) in [6, 6.07) is -0.170. The summed E-state index contributed by atoms with van der Waals surface area (Å²) in [7, 11) is -0.489. The van der Waals surface area contributed by atoms with Crippen LogP contribution in [0.15, 0.2) is 0 Å². The van der Waals surface area contributed by atoms with Gasteiger partial charge in [0.2, 0.25) is 0 Å². The van der Waals surface area contributed by atoms with Crippen LogP contribution in [-0.4, -0.2) is 44.9 Å². The van der Waals surface area contributed by atoms with Gasteiger partial charge in [0.1, 0.15) is 0 Å². The summed E-state index contributed by atoms with van der Waals surface area (Å²) in [4.78, 5) is 11.4. The zero-order valence-corrected chi connectivity index (χ0v) is 12.9. The average molecular weight is 292 g/mol. The molecule has 6 nitrogen and oxygen atoms in total. The molecule has 0 aromatic rings. The Hall–Kier alpha value is -0.660. The fourth-order valence-corrected chi connectivity index (χ4v) is 3.56. The van der Waals surface area contributed by atoms with E-state index in [0.29, 0.717) is 25.7 Å². The standard InChI is InChI=1S/C12H24N2O4S/c1-9(2)14(3)19(16,17)13-11-7-5-10(6-8-11)12(15)18-4/h9-11,13H,5-8H2,1-4H3. The Morgan fingerprint density at radius 1 is 1.26 bits per heavy atom. The van der Waals surface area contributed by atoms with Crippen molar-refractivity contribution in [3.63, 3.8) is 0 Å². The number of nitrogens with zero attached hydrogens (tertiary/aromatic N) is 1. The van der Waals surface area contributed by atoms with E-state index in [1.165, 1.54) is 11.4 Å². The SMILES string of the molecule is COC(=O)C1CCC(NS(=O)(=O)N(C)C(C)C)CC1. The van der Waals surface area contributed by atoms with Crippen LogP contribution in [0, 0.1) is 5.92 Å². The predicted octanol–water partition coefficient (Wildman–Crippen LogP) is 0.893. The van der Waals surface area contributed by atoms with Crippen molar-refractivity contribution in [2.45, 2.75) is 51.6 Å². The van der Waals surface area contributed by atoms with E-state index < -0.39 is 10.2 Å². The fraction of sp³-hybridized carbons (Fsp3) is 0.917. The summed E-state index contributed by atoms with van der Waals surface area (Å²) in [5, 5.41) is 0. The molecule has 1 fully saturated rings. The van der Waals surface area contributed by atoms with Crippen LogP contribution in [0.5, 0.6) is 0 Å². The summed E-state index contributed by atoms with van der Waals surface area (Å²) in [6.45, 7) is 3.65. The van der Waals surface area contributed by atoms with Gasteiger partial charge in [0, 0.05) is 19.1 Å². The number of methoxy groups -OCH3 is 1. The number of hydrogen-bond donors (Lipinski definition) is 1. The minimum absolute atomic E-state index is 0.0797. The molecule has 112 valence electrons. The molecule has 19 heavy (non-hydrogen) atoms. The Balaban J connectivity index is 2.51. The predicted molar refractivity (Wildman–Crippen MR) is 72.7 cm³/mol. The molecule has 0 radical (unpaired) electrons. The molecule has 0 spiro atoms. The molecule has 1 rings (SSSR count). The highest BCUT2D eigenvalue weighted by Gasteiger charge is 2.30. The third-order valence-corrected chi connectivity index (χ3v) is 5.49. The van der Waals surface area contributed by atoms with Crippen molar-refractivity contribution in [3.8, 4) is 0 Å². The molecule has 0 unspecified atom stereocenters. The van der Waals surface area contributed by atoms with E-state index in [1.54, 1.807) is 7.05 Å². The lowest BCUT2D eigenvalue weighted by molar-refractivity contribution is -0.146. The molecule has 0 heterocycles. The fourth-order valence-electron chi connectivity index (χ4n) is 2.18. The molecule has 0 aliphatic heterocycles. The summed E-state index contributed by atoms with van der Waals surface area (Å²) in [5.41, 5.74) is 0. The van der Waals surface area contributed by atoms with Crippen LogP contribution in [0.4, 0.5) is 0 Å². The Morgan fingerprint density at radius 3 is 2.21 bits per heavy atom. The summed E-state index contributed by atoms with van der Waals surface area (Å²) in [6.07, 6.45) is 2.69. The van der Waals surface area contributed by atoms with Crippen molar-refractivity contribution in [2.24, 2.45) is 5.92 Å². The van der Waals surface area contributed by atoms with Crippen LogP contribution in [0.2, 0.25) is 0 Å². The van der Waals surface area contributed by atoms with Crippen LogP contribution in [-0.2, 0) is 19.7 Å². The molecule has 0 aromatic heterocycles. The minimum atomic E-state index is -3.44. The van der Waals surface area contributed by atoms with Gasteiger partial charge in [-0.3, -0.25) is 4.79 Å². The maximum atomic E-state index is 12.0. The maximum absolute atomic E-state index is 12.0. The summed E-state index contributed by atoms with van der Waals surface area (Å²) >= 11 is 0. The number of nitrogens with one attached hydrogen (secondary N) is 1. The van der Waals surface area contributed by atoms with Gasteiger partial charge in [-0.15, -0.1) is 0 Å². The molecule has 1 saturated carbocycles. The van der Waals surface area contributed by atoms with Crippen molar-refractivity contribution in [2.75, 3.05) is 14.2 Å². The van der Waals surface area contributed by atoms with Gasteiger partial charge in [-0.2, -0.15) is 17.4 Å². The van der Waals surface area contributed by atoms with Crippen molar-refractivity contribution >= 4 is 16.2 Å². The molecule has 7 heteroatoms. The molecular formula is C12H24N2O4S. The van der Waals surface area contributed by atoms with Gasteiger partial charge in [-0.25, -0.2) is 0 Å². The first-order valence-corrected chi connectivity index (χ1v) is 8.05. The molecule has 0 saturated heterocycles. The normalized spacial score (nSPS) is 24.7. The third-order valence-electron chi connectivity index (χ3n) is 3.68. The Morgan fingerprint density at radius 2 is 1.79 bits per heavy atom. The van der Waals surface area contributed by atoms with Gasteiger partial charge in [0.25, 0.3) is 10.2 Å². The lowest BCUT2D eigenvalue weighted by Crippen LogP contribution is -2.47. The Kier molecular flexibility index (Phi) is 5.76.